The first-order valence-corrected chi connectivity index (χ1v) is 7.20. The standard InChI is InChI=1S/C17H17N5O/c1-10(23)20-13-5-3-4-11(8-13)12-6-7-14-15(9-12)21-17(18)22-16(14)19-2/h3-9H,1-2H3,(H,20,23)(H3,18,19,21,22). The molecule has 0 atom stereocenters. The van der Waals surface area contributed by atoms with Crippen molar-refractivity contribution in [2.24, 2.45) is 0 Å². The van der Waals surface area contributed by atoms with Crippen molar-refractivity contribution in [1.29, 1.82) is 0 Å². The molecule has 0 aliphatic carbocycles. The molecule has 3 aromatic rings. The average Bonchev–Trinajstić information content (AvgIpc) is 2.53. The molecule has 0 aliphatic heterocycles. The van der Waals surface area contributed by atoms with Crippen molar-refractivity contribution in [3.8, 4) is 11.1 Å². The van der Waals surface area contributed by atoms with Crippen LogP contribution in [-0.2, 0) is 4.79 Å². The van der Waals surface area contributed by atoms with E-state index in [2.05, 4.69) is 20.6 Å². The molecule has 0 saturated carbocycles. The molecule has 1 aromatic heterocycles. The maximum Gasteiger partial charge on any atom is 0.222 e. The summed E-state index contributed by atoms with van der Waals surface area (Å²) in [6.45, 7) is 1.49. The number of nitrogens with zero attached hydrogens (tertiary/aromatic N) is 2. The van der Waals surface area contributed by atoms with Gasteiger partial charge in [0.05, 0.1) is 5.52 Å². The molecule has 0 unspecified atom stereocenters. The Morgan fingerprint density at radius 2 is 1.87 bits per heavy atom. The lowest BCUT2D eigenvalue weighted by Gasteiger charge is -2.09. The van der Waals surface area contributed by atoms with Crippen molar-refractivity contribution in [2.75, 3.05) is 23.4 Å². The monoisotopic (exact) mass is 307 g/mol. The van der Waals surface area contributed by atoms with Crippen LogP contribution < -0.4 is 16.4 Å². The first kappa shape index (κ1) is 14.8. The molecule has 2 aromatic carbocycles. The third kappa shape index (κ3) is 3.06. The summed E-state index contributed by atoms with van der Waals surface area (Å²) in [6, 6.07) is 13.6. The number of fused-ring (bicyclic) bond motifs is 1. The SMILES string of the molecule is CNc1nc(N)nc2cc(-c3cccc(NC(C)=O)c3)ccc12. The minimum absolute atomic E-state index is 0.0974. The highest BCUT2D eigenvalue weighted by atomic mass is 16.1. The van der Waals surface area contributed by atoms with E-state index >= 15 is 0 Å². The summed E-state index contributed by atoms with van der Waals surface area (Å²) in [4.78, 5) is 19.7. The van der Waals surface area contributed by atoms with Crippen LogP contribution in [0.4, 0.5) is 17.5 Å². The predicted octanol–water partition coefficient (Wildman–Crippen LogP) is 2.88. The summed E-state index contributed by atoms with van der Waals surface area (Å²) in [5, 5.41) is 6.71. The summed E-state index contributed by atoms with van der Waals surface area (Å²) in [7, 11) is 1.80. The van der Waals surface area contributed by atoms with Crippen LogP contribution >= 0.6 is 0 Å². The van der Waals surface area contributed by atoms with E-state index in [4.69, 9.17) is 5.73 Å². The van der Waals surface area contributed by atoms with Crippen molar-refractivity contribution in [2.45, 2.75) is 6.92 Å². The molecule has 0 radical (unpaired) electrons. The summed E-state index contributed by atoms with van der Waals surface area (Å²) in [5.74, 6) is 0.830. The molecule has 1 heterocycles. The van der Waals surface area contributed by atoms with Gasteiger partial charge in [0, 0.05) is 25.0 Å². The fraction of sp³-hybridized carbons (Fsp3) is 0.118. The molecule has 0 aliphatic rings. The number of nitrogens with one attached hydrogen (secondary N) is 2. The van der Waals surface area contributed by atoms with Crippen molar-refractivity contribution in [3.05, 3.63) is 42.5 Å². The van der Waals surface area contributed by atoms with Crippen molar-refractivity contribution < 1.29 is 4.79 Å². The van der Waals surface area contributed by atoms with Crippen LogP contribution in [0.25, 0.3) is 22.0 Å². The van der Waals surface area contributed by atoms with Crippen LogP contribution in [0.1, 0.15) is 6.92 Å². The maximum atomic E-state index is 11.2. The van der Waals surface area contributed by atoms with E-state index in [-0.39, 0.29) is 11.9 Å². The summed E-state index contributed by atoms with van der Waals surface area (Å²) in [6.07, 6.45) is 0. The zero-order valence-corrected chi connectivity index (χ0v) is 12.9. The Balaban J connectivity index is 2.08. The molecule has 1 amide bonds. The van der Waals surface area contributed by atoms with Gasteiger partial charge < -0.3 is 16.4 Å². The second-order valence-corrected chi connectivity index (χ2v) is 5.17. The zero-order chi connectivity index (χ0) is 16.4. The van der Waals surface area contributed by atoms with E-state index in [9.17, 15) is 4.79 Å². The number of nitrogens with two attached hydrogens (primary N) is 1. The van der Waals surface area contributed by atoms with E-state index < -0.39 is 0 Å². The van der Waals surface area contributed by atoms with Crippen molar-refractivity contribution in [3.63, 3.8) is 0 Å². The molecule has 0 spiro atoms. The lowest BCUT2D eigenvalue weighted by atomic mass is 10.0. The van der Waals surface area contributed by atoms with E-state index in [1.54, 1.807) is 7.05 Å². The smallest absolute Gasteiger partial charge is 0.222 e. The number of carbonyl (C=O) groups is 1. The number of anilines is 3. The molecular formula is C17H17N5O. The first-order chi connectivity index (χ1) is 11.1. The predicted molar refractivity (Wildman–Crippen MR) is 93.2 cm³/mol. The van der Waals surface area contributed by atoms with Crippen LogP contribution in [0.3, 0.4) is 0 Å². The van der Waals surface area contributed by atoms with Gasteiger partial charge in [-0.05, 0) is 35.4 Å². The number of hydrogen-bond donors (Lipinski definition) is 3. The fourth-order valence-electron chi connectivity index (χ4n) is 2.50. The van der Waals surface area contributed by atoms with Crippen LogP contribution in [-0.4, -0.2) is 22.9 Å². The lowest BCUT2D eigenvalue weighted by molar-refractivity contribution is -0.114. The highest BCUT2D eigenvalue weighted by molar-refractivity contribution is 5.93. The Hall–Kier alpha value is -3.15. The molecule has 4 N–H and O–H groups in total. The lowest BCUT2D eigenvalue weighted by Crippen LogP contribution is -2.05. The van der Waals surface area contributed by atoms with Gasteiger partial charge in [-0.25, -0.2) is 4.98 Å². The largest absolute Gasteiger partial charge is 0.372 e. The van der Waals surface area contributed by atoms with E-state index in [0.717, 1.165) is 27.7 Å². The fourth-order valence-corrected chi connectivity index (χ4v) is 2.50. The van der Waals surface area contributed by atoms with Gasteiger partial charge in [-0.15, -0.1) is 0 Å². The molecule has 6 nitrogen and oxygen atoms in total. The Labute approximate surface area is 133 Å². The number of aromatic nitrogens is 2. The van der Waals surface area contributed by atoms with Gasteiger partial charge in [0.15, 0.2) is 0 Å². The highest BCUT2D eigenvalue weighted by Gasteiger charge is 2.07. The third-order valence-electron chi connectivity index (χ3n) is 3.47. The molecule has 0 bridgehead atoms. The molecule has 3 rings (SSSR count). The third-order valence-corrected chi connectivity index (χ3v) is 3.47. The number of benzene rings is 2. The van der Waals surface area contributed by atoms with Crippen molar-refractivity contribution >= 4 is 34.3 Å². The van der Waals surface area contributed by atoms with E-state index in [0.29, 0.717) is 5.82 Å². The summed E-state index contributed by atoms with van der Waals surface area (Å²) < 4.78 is 0. The molecule has 0 saturated heterocycles. The van der Waals surface area contributed by atoms with Gasteiger partial charge in [-0.1, -0.05) is 18.2 Å². The van der Waals surface area contributed by atoms with Gasteiger partial charge >= 0.3 is 0 Å². The van der Waals surface area contributed by atoms with E-state index in [1.807, 2.05) is 42.5 Å². The molecule has 116 valence electrons. The molecule has 0 fully saturated rings. The van der Waals surface area contributed by atoms with Crippen molar-refractivity contribution in [1.82, 2.24) is 9.97 Å². The summed E-state index contributed by atoms with van der Waals surface area (Å²) in [5.41, 5.74) is 9.26. The van der Waals surface area contributed by atoms with Crippen LogP contribution in [0, 0.1) is 0 Å². The van der Waals surface area contributed by atoms with Gasteiger partial charge in [0.2, 0.25) is 11.9 Å². The number of hydrogen-bond acceptors (Lipinski definition) is 5. The Morgan fingerprint density at radius 1 is 1.09 bits per heavy atom. The average molecular weight is 307 g/mol. The molecule has 6 heteroatoms. The second-order valence-electron chi connectivity index (χ2n) is 5.17. The maximum absolute atomic E-state index is 11.2. The Bertz CT molecular complexity index is 891. The molecular weight excluding hydrogens is 290 g/mol. The Kier molecular flexibility index (Phi) is 3.80. The number of rotatable bonds is 3. The van der Waals surface area contributed by atoms with Gasteiger partial charge in [-0.3, -0.25) is 4.79 Å². The Morgan fingerprint density at radius 3 is 2.61 bits per heavy atom. The normalized spacial score (nSPS) is 10.5. The van der Waals surface area contributed by atoms with Gasteiger partial charge in [-0.2, -0.15) is 4.98 Å². The van der Waals surface area contributed by atoms with Gasteiger partial charge in [0.1, 0.15) is 5.82 Å². The second kappa shape index (κ2) is 5.92. The first-order valence-electron chi connectivity index (χ1n) is 7.20. The minimum Gasteiger partial charge on any atom is -0.372 e. The number of nitrogen functional groups attached to an aromatic ring is 1. The highest BCUT2D eigenvalue weighted by Crippen LogP contribution is 2.28. The number of amides is 1. The van der Waals surface area contributed by atoms with E-state index in [1.165, 1.54) is 6.92 Å². The zero-order valence-electron chi connectivity index (χ0n) is 12.9. The van der Waals surface area contributed by atoms with Crippen LogP contribution in [0.5, 0.6) is 0 Å². The number of carbonyl (C=O) groups excluding carboxylic acids is 1. The van der Waals surface area contributed by atoms with Crippen LogP contribution in [0.2, 0.25) is 0 Å². The van der Waals surface area contributed by atoms with Crippen LogP contribution in [0.15, 0.2) is 42.5 Å². The quantitative estimate of drug-likeness (QED) is 0.692. The topological polar surface area (TPSA) is 92.9 Å². The molecule has 23 heavy (non-hydrogen) atoms. The van der Waals surface area contributed by atoms with Gasteiger partial charge in [0.25, 0.3) is 0 Å². The minimum atomic E-state index is -0.0974. The summed E-state index contributed by atoms with van der Waals surface area (Å²) >= 11 is 0.